The maximum atomic E-state index is 6.49. The molecule has 0 unspecified atom stereocenters. The van der Waals surface area contributed by atoms with Crippen LogP contribution in [0, 0.1) is 0 Å². The number of rotatable bonds is 2. The average molecular weight is 255 g/mol. The second-order valence-electron chi connectivity index (χ2n) is 4.96. The van der Waals surface area contributed by atoms with Crippen molar-refractivity contribution in [2.45, 2.75) is 37.4 Å². The van der Waals surface area contributed by atoms with Gasteiger partial charge in [-0.15, -0.1) is 0 Å². The maximum absolute atomic E-state index is 6.49. The molecule has 1 heterocycles. The summed E-state index contributed by atoms with van der Waals surface area (Å²) < 4.78 is 5.18. The van der Waals surface area contributed by atoms with Gasteiger partial charge in [-0.25, -0.2) is 0 Å². The normalized spacial score (nSPS) is 30.1. The first-order chi connectivity index (χ1) is 7.61. The summed E-state index contributed by atoms with van der Waals surface area (Å²) in [4.78, 5) is 0. The van der Waals surface area contributed by atoms with Crippen LogP contribution >= 0.6 is 11.1 Å². The summed E-state index contributed by atoms with van der Waals surface area (Å²) in [6.45, 7) is 2.29. The third kappa shape index (κ3) is 2.80. The van der Waals surface area contributed by atoms with Crippen molar-refractivity contribution in [2.75, 3.05) is 7.11 Å². The Labute approximate surface area is 103 Å². The fraction of sp³-hybridized carbons (Fsp3) is 0.538. The van der Waals surface area contributed by atoms with Crippen LogP contribution in [0.2, 0.25) is 18.6 Å². The standard InChI is InChI=1S/C13H19ClOSi/c1-15-13-5-3-11(4-6-13)12-7-9-16(2,14)10-8-12/h3-6,12H,7-10H2,1-2H3. The average Bonchev–Trinajstić information content (AvgIpc) is 2.29. The van der Waals surface area contributed by atoms with Crippen LogP contribution in [0.4, 0.5) is 0 Å². The van der Waals surface area contributed by atoms with Gasteiger partial charge in [-0.2, -0.15) is 11.1 Å². The molecule has 0 amide bonds. The molecule has 1 aliphatic heterocycles. The highest BCUT2D eigenvalue weighted by Gasteiger charge is 2.31. The Morgan fingerprint density at radius 3 is 2.25 bits per heavy atom. The van der Waals surface area contributed by atoms with Crippen molar-refractivity contribution in [3.8, 4) is 5.75 Å². The Morgan fingerprint density at radius 1 is 1.19 bits per heavy atom. The van der Waals surface area contributed by atoms with Gasteiger partial charge < -0.3 is 4.74 Å². The van der Waals surface area contributed by atoms with E-state index in [9.17, 15) is 0 Å². The maximum Gasteiger partial charge on any atom is 0.153 e. The fourth-order valence-electron chi connectivity index (χ4n) is 2.43. The van der Waals surface area contributed by atoms with E-state index < -0.39 is 7.38 Å². The number of benzene rings is 1. The first kappa shape index (κ1) is 12.0. The van der Waals surface area contributed by atoms with Crippen LogP contribution < -0.4 is 4.74 Å². The molecule has 0 aliphatic carbocycles. The quantitative estimate of drug-likeness (QED) is 0.562. The molecule has 0 saturated carbocycles. The number of ether oxygens (including phenoxy) is 1. The third-order valence-corrected chi connectivity index (χ3v) is 7.41. The van der Waals surface area contributed by atoms with Crippen molar-refractivity contribution < 1.29 is 4.74 Å². The van der Waals surface area contributed by atoms with Gasteiger partial charge in [0.15, 0.2) is 7.38 Å². The van der Waals surface area contributed by atoms with Gasteiger partial charge in [0.2, 0.25) is 0 Å². The molecule has 3 heteroatoms. The minimum atomic E-state index is -1.34. The minimum Gasteiger partial charge on any atom is -0.497 e. The topological polar surface area (TPSA) is 9.23 Å². The lowest BCUT2D eigenvalue weighted by Gasteiger charge is -2.30. The zero-order valence-corrected chi connectivity index (χ0v) is 11.8. The van der Waals surface area contributed by atoms with Crippen molar-refractivity contribution in [3.63, 3.8) is 0 Å². The summed E-state index contributed by atoms with van der Waals surface area (Å²) in [7, 11) is 0.373. The second kappa shape index (κ2) is 4.80. The van der Waals surface area contributed by atoms with Gasteiger partial charge in [-0.3, -0.25) is 0 Å². The predicted molar refractivity (Wildman–Crippen MR) is 72.1 cm³/mol. The van der Waals surface area contributed by atoms with Gasteiger partial charge in [0, 0.05) is 0 Å². The van der Waals surface area contributed by atoms with Gasteiger partial charge in [-0.05, 0) is 48.5 Å². The van der Waals surface area contributed by atoms with Crippen molar-refractivity contribution in [3.05, 3.63) is 29.8 Å². The molecule has 1 aliphatic rings. The lowest BCUT2D eigenvalue weighted by atomic mass is 9.93. The summed E-state index contributed by atoms with van der Waals surface area (Å²) in [5.74, 6) is 1.65. The van der Waals surface area contributed by atoms with Gasteiger partial charge in [-0.1, -0.05) is 18.7 Å². The fourth-order valence-corrected chi connectivity index (χ4v) is 5.23. The molecule has 1 fully saturated rings. The first-order valence-electron chi connectivity index (χ1n) is 5.94. The molecule has 1 aromatic rings. The Morgan fingerprint density at radius 2 is 1.75 bits per heavy atom. The van der Waals surface area contributed by atoms with Crippen LogP contribution in [-0.4, -0.2) is 14.5 Å². The van der Waals surface area contributed by atoms with E-state index in [1.54, 1.807) is 7.11 Å². The van der Waals surface area contributed by atoms with E-state index in [1.165, 1.54) is 30.5 Å². The van der Waals surface area contributed by atoms with E-state index in [0.29, 0.717) is 5.92 Å². The third-order valence-electron chi connectivity index (χ3n) is 3.62. The van der Waals surface area contributed by atoms with Crippen LogP contribution in [0.15, 0.2) is 24.3 Å². The molecule has 16 heavy (non-hydrogen) atoms. The summed E-state index contributed by atoms with van der Waals surface area (Å²) in [6.07, 6.45) is 2.52. The molecule has 0 N–H and O–H groups in total. The number of hydrogen-bond donors (Lipinski definition) is 0. The monoisotopic (exact) mass is 254 g/mol. The summed E-state index contributed by atoms with van der Waals surface area (Å²) in [5.41, 5.74) is 1.45. The molecule has 0 aromatic heterocycles. The number of halogens is 1. The first-order valence-corrected chi connectivity index (χ1v) is 9.86. The van der Waals surface area contributed by atoms with Gasteiger partial charge in [0.05, 0.1) is 7.11 Å². The molecule has 88 valence electrons. The van der Waals surface area contributed by atoms with Gasteiger partial charge >= 0.3 is 0 Å². The molecular weight excluding hydrogens is 236 g/mol. The molecule has 1 aromatic carbocycles. The van der Waals surface area contributed by atoms with E-state index in [0.717, 1.165) is 5.75 Å². The highest BCUT2D eigenvalue weighted by molar-refractivity contribution is 7.19. The van der Waals surface area contributed by atoms with Crippen molar-refractivity contribution in [1.29, 1.82) is 0 Å². The zero-order chi connectivity index (χ0) is 11.6. The van der Waals surface area contributed by atoms with E-state index >= 15 is 0 Å². The lowest BCUT2D eigenvalue weighted by Crippen LogP contribution is -2.27. The SMILES string of the molecule is COc1ccc(C2CC[Si](C)(Cl)CC2)cc1. The molecule has 0 spiro atoms. The van der Waals surface area contributed by atoms with Crippen molar-refractivity contribution in [2.24, 2.45) is 0 Å². The Hall–Kier alpha value is -0.473. The summed E-state index contributed by atoms with van der Waals surface area (Å²) in [6, 6.07) is 11.0. The van der Waals surface area contributed by atoms with E-state index in [1.807, 2.05) is 0 Å². The van der Waals surface area contributed by atoms with Crippen LogP contribution in [0.25, 0.3) is 0 Å². The Bertz CT molecular complexity index is 337. The predicted octanol–water partition coefficient (Wildman–Crippen LogP) is 4.39. The molecule has 0 atom stereocenters. The Kier molecular flexibility index (Phi) is 3.60. The second-order valence-corrected chi connectivity index (χ2v) is 11.5. The van der Waals surface area contributed by atoms with Crippen LogP contribution in [0.5, 0.6) is 5.75 Å². The van der Waals surface area contributed by atoms with Crippen molar-refractivity contribution >= 4 is 18.5 Å². The van der Waals surface area contributed by atoms with Gasteiger partial charge in [0.1, 0.15) is 5.75 Å². The van der Waals surface area contributed by atoms with E-state index in [4.69, 9.17) is 15.8 Å². The lowest BCUT2D eigenvalue weighted by molar-refractivity contribution is 0.414. The van der Waals surface area contributed by atoms with E-state index in [2.05, 4.69) is 30.8 Å². The molecular formula is C13H19ClOSi. The smallest absolute Gasteiger partial charge is 0.153 e. The molecule has 0 bridgehead atoms. The summed E-state index contributed by atoms with van der Waals surface area (Å²) >= 11 is 6.49. The largest absolute Gasteiger partial charge is 0.497 e. The molecule has 2 rings (SSSR count). The highest BCUT2D eigenvalue weighted by atomic mass is 35.6. The van der Waals surface area contributed by atoms with Gasteiger partial charge in [0.25, 0.3) is 0 Å². The number of methoxy groups -OCH3 is 1. The molecule has 0 radical (unpaired) electrons. The molecule has 1 saturated heterocycles. The zero-order valence-electron chi connectivity index (χ0n) is 10.0. The number of hydrogen-bond acceptors (Lipinski definition) is 1. The minimum absolute atomic E-state index is 0.713. The highest BCUT2D eigenvalue weighted by Crippen LogP contribution is 2.40. The van der Waals surface area contributed by atoms with Crippen LogP contribution in [0.3, 0.4) is 0 Å². The van der Waals surface area contributed by atoms with Crippen LogP contribution in [0.1, 0.15) is 24.3 Å². The van der Waals surface area contributed by atoms with Crippen LogP contribution in [-0.2, 0) is 0 Å². The summed E-state index contributed by atoms with van der Waals surface area (Å²) in [5, 5.41) is 0. The Balaban J connectivity index is 2.03. The van der Waals surface area contributed by atoms with E-state index in [-0.39, 0.29) is 0 Å². The molecule has 1 nitrogen and oxygen atoms in total. The van der Waals surface area contributed by atoms with Crippen molar-refractivity contribution in [1.82, 2.24) is 0 Å².